The Kier molecular flexibility index (Phi) is 5.02. The van der Waals surface area contributed by atoms with Crippen LogP contribution in [0.3, 0.4) is 0 Å². The van der Waals surface area contributed by atoms with Gasteiger partial charge in [0.25, 0.3) is 0 Å². The molecule has 2 rings (SSSR count). The van der Waals surface area contributed by atoms with Gasteiger partial charge >= 0.3 is 5.97 Å². The zero-order chi connectivity index (χ0) is 15.9. The van der Waals surface area contributed by atoms with Crippen LogP contribution in [0.5, 0.6) is 11.5 Å². The van der Waals surface area contributed by atoms with E-state index in [1.165, 1.54) is 31.3 Å². The highest BCUT2D eigenvalue weighted by molar-refractivity contribution is 6.00. The molecule has 0 aliphatic heterocycles. The van der Waals surface area contributed by atoms with Crippen molar-refractivity contribution in [2.75, 3.05) is 20.8 Å². The second kappa shape index (κ2) is 7.16. The number of rotatable bonds is 7. The van der Waals surface area contributed by atoms with Gasteiger partial charge in [-0.2, -0.15) is 0 Å². The molecule has 22 heavy (non-hydrogen) atoms. The highest BCUT2D eigenvalue weighted by atomic mass is 16.5. The SMILES string of the molecule is COc1ccc(OC)c(C(=O)COC(=O)Cn2cnnn2)c1. The zero-order valence-electron chi connectivity index (χ0n) is 12.1. The van der Waals surface area contributed by atoms with E-state index in [1.54, 1.807) is 12.1 Å². The summed E-state index contributed by atoms with van der Waals surface area (Å²) in [7, 11) is 2.94. The number of benzene rings is 1. The molecule has 0 radical (unpaired) electrons. The van der Waals surface area contributed by atoms with E-state index in [2.05, 4.69) is 15.5 Å². The second-order valence-corrected chi connectivity index (χ2v) is 4.16. The van der Waals surface area contributed by atoms with Crippen molar-refractivity contribution in [3.63, 3.8) is 0 Å². The molecule has 9 nitrogen and oxygen atoms in total. The molecule has 0 fully saturated rings. The van der Waals surface area contributed by atoms with Crippen LogP contribution in [0.25, 0.3) is 0 Å². The third-order valence-corrected chi connectivity index (χ3v) is 2.75. The predicted octanol–water partition coefficient (Wildman–Crippen LogP) is 0.116. The van der Waals surface area contributed by atoms with Gasteiger partial charge < -0.3 is 14.2 Å². The minimum atomic E-state index is -0.623. The third-order valence-electron chi connectivity index (χ3n) is 2.75. The number of ketones is 1. The van der Waals surface area contributed by atoms with Gasteiger partial charge in [-0.3, -0.25) is 9.59 Å². The smallest absolute Gasteiger partial charge is 0.328 e. The Balaban J connectivity index is 1.98. The van der Waals surface area contributed by atoms with Crippen molar-refractivity contribution >= 4 is 11.8 Å². The molecule has 0 unspecified atom stereocenters. The molecule has 2 aromatic rings. The van der Waals surface area contributed by atoms with Crippen LogP contribution >= 0.6 is 0 Å². The lowest BCUT2D eigenvalue weighted by Gasteiger charge is -2.10. The van der Waals surface area contributed by atoms with E-state index < -0.39 is 18.4 Å². The first kappa shape index (κ1) is 15.4. The van der Waals surface area contributed by atoms with Gasteiger partial charge in [-0.05, 0) is 28.6 Å². The zero-order valence-corrected chi connectivity index (χ0v) is 12.1. The van der Waals surface area contributed by atoms with Gasteiger partial charge in [-0.15, -0.1) is 5.10 Å². The standard InChI is InChI=1S/C13H14N4O5/c1-20-9-3-4-12(21-2)10(5-9)11(18)7-22-13(19)6-17-8-14-15-16-17/h3-5,8H,6-7H2,1-2H3. The highest BCUT2D eigenvalue weighted by Crippen LogP contribution is 2.24. The van der Waals surface area contributed by atoms with Gasteiger partial charge in [0.1, 0.15) is 24.4 Å². The van der Waals surface area contributed by atoms with Crippen LogP contribution in [-0.2, 0) is 16.1 Å². The molecule has 0 saturated heterocycles. The van der Waals surface area contributed by atoms with Gasteiger partial charge in [-0.25, -0.2) is 4.68 Å². The molecule has 0 amide bonds. The van der Waals surface area contributed by atoms with Gasteiger partial charge in [0.2, 0.25) is 5.78 Å². The minimum Gasteiger partial charge on any atom is -0.497 e. The Morgan fingerprint density at radius 1 is 1.23 bits per heavy atom. The number of ether oxygens (including phenoxy) is 3. The summed E-state index contributed by atoms with van der Waals surface area (Å²) in [6.45, 7) is -0.583. The van der Waals surface area contributed by atoms with E-state index in [4.69, 9.17) is 14.2 Å². The first-order chi connectivity index (χ1) is 10.6. The molecule has 116 valence electrons. The lowest BCUT2D eigenvalue weighted by Crippen LogP contribution is -2.19. The maximum absolute atomic E-state index is 12.1. The highest BCUT2D eigenvalue weighted by Gasteiger charge is 2.16. The van der Waals surface area contributed by atoms with E-state index in [-0.39, 0.29) is 12.1 Å². The minimum absolute atomic E-state index is 0.171. The molecule has 1 aromatic carbocycles. The van der Waals surface area contributed by atoms with E-state index >= 15 is 0 Å². The Bertz CT molecular complexity index is 656. The van der Waals surface area contributed by atoms with Gasteiger partial charge in [0.05, 0.1) is 19.8 Å². The Hall–Kier alpha value is -2.97. The number of carbonyl (C=O) groups is 2. The Labute approximate surface area is 125 Å². The molecule has 0 N–H and O–H groups in total. The number of hydrogen-bond acceptors (Lipinski definition) is 8. The van der Waals surface area contributed by atoms with Gasteiger partial charge in [-0.1, -0.05) is 0 Å². The van der Waals surface area contributed by atoms with E-state index in [0.29, 0.717) is 11.5 Å². The molecular weight excluding hydrogens is 292 g/mol. The van der Waals surface area contributed by atoms with Crippen LogP contribution in [0.15, 0.2) is 24.5 Å². The van der Waals surface area contributed by atoms with Gasteiger partial charge in [0.15, 0.2) is 6.61 Å². The van der Waals surface area contributed by atoms with Crippen LogP contribution in [0.1, 0.15) is 10.4 Å². The van der Waals surface area contributed by atoms with E-state index in [1.807, 2.05) is 0 Å². The first-order valence-corrected chi connectivity index (χ1v) is 6.25. The molecule has 0 aliphatic carbocycles. The lowest BCUT2D eigenvalue weighted by atomic mass is 10.1. The molecule has 0 spiro atoms. The van der Waals surface area contributed by atoms with Crippen LogP contribution < -0.4 is 9.47 Å². The second-order valence-electron chi connectivity index (χ2n) is 4.16. The van der Waals surface area contributed by atoms with E-state index in [9.17, 15) is 9.59 Å². The molecule has 0 atom stereocenters. The summed E-state index contributed by atoms with van der Waals surface area (Å²) >= 11 is 0. The number of carbonyl (C=O) groups excluding carboxylic acids is 2. The Morgan fingerprint density at radius 3 is 2.68 bits per heavy atom. The van der Waals surface area contributed by atoms with Crippen molar-refractivity contribution in [3.05, 3.63) is 30.1 Å². The quantitative estimate of drug-likeness (QED) is 0.524. The Morgan fingerprint density at radius 2 is 2.05 bits per heavy atom. The fourth-order valence-electron chi connectivity index (χ4n) is 1.69. The monoisotopic (exact) mass is 306 g/mol. The van der Waals surface area contributed by atoms with Crippen molar-refractivity contribution < 1.29 is 23.8 Å². The van der Waals surface area contributed by atoms with Crippen molar-refractivity contribution in [2.45, 2.75) is 6.54 Å². The summed E-state index contributed by atoms with van der Waals surface area (Å²) in [4.78, 5) is 23.7. The van der Waals surface area contributed by atoms with Crippen molar-refractivity contribution in [1.29, 1.82) is 0 Å². The van der Waals surface area contributed by atoms with Crippen molar-refractivity contribution in [1.82, 2.24) is 20.2 Å². The van der Waals surface area contributed by atoms with E-state index in [0.717, 1.165) is 0 Å². The fourth-order valence-corrected chi connectivity index (χ4v) is 1.69. The average Bonchev–Trinajstić information content (AvgIpc) is 3.04. The molecule has 0 bridgehead atoms. The summed E-state index contributed by atoms with van der Waals surface area (Å²) in [5.74, 6) is -0.144. The third kappa shape index (κ3) is 3.78. The molecule has 9 heteroatoms. The maximum atomic E-state index is 12.1. The lowest BCUT2D eigenvalue weighted by molar-refractivity contribution is -0.143. The van der Waals surface area contributed by atoms with Crippen LogP contribution in [0.2, 0.25) is 0 Å². The summed E-state index contributed by atoms with van der Waals surface area (Å²) in [6, 6.07) is 4.80. The summed E-state index contributed by atoms with van der Waals surface area (Å²) < 4.78 is 16.3. The summed E-state index contributed by atoms with van der Waals surface area (Å²) in [6.07, 6.45) is 1.27. The normalized spacial score (nSPS) is 10.1. The number of esters is 1. The predicted molar refractivity (Wildman–Crippen MR) is 72.7 cm³/mol. The number of methoxy groups -OCH3 is 2. The average molecular weight is 306 g/mol. The number of aromatic nitrogens is 4. The first-order valence-electron chi connectivity index (χ1n) is 6.25. The molecule has 0 saturated carbocycles. The topological polar surface area (TPSA) is 105 Å². The van der Waals surface area contributed by atoms with Gasteiger partial charge in [0, 0.05) is 0 Å². The summed E-state index contributed by atoms with van der Waals surface area (Å²) in [5, 5.41) is 10.3. The molecule has 1 heterocycles. The number of Topliss-reactive ketones (excluding diaryl/α,β-unsaturated/α-hetero) is 1. The van der Waals surface area contributed by atoms with Crippen LogP contribution in [0.4, 0.5) is 0 Å². The number of nitrogens with zero attached hydrogens (tertiary/aromatic N) is 4. The largest absolute Gasteiger partial charge is 0.497 e. The fraction of sp³-hybridized carbons (Fsp3) is 0.308. The number of hydrogen-bond donors (Lipinski definition) is 0. The van der Waals surface area contributed by atoms with Crippen LogP contribution in [-0.4, -0.2) is 52.8 Å². The van der Waals surface area contributed by atoms with Crippen molar-refractivity contribution in [2.24, 2.45) is 0 Å². The van der Waals surface area contributed by atoms with Crippen molar-refractivity contribution in [3.8, 4) is 11.5 Å². The maximum Gasteiger partial charge on any atom is 0.328 e. The van der Waals surface area contributed by atoms with Crippen LogP contribution in [0, 0.1) is 0 Å². The molecule has 1 aromatic heterocycles. The summed E-state index contributed by atoms with van der Waals surface area (Å²) in [5.41, 5.74) is 0.275. The molecule has 0 aliphatic rings. The number of tetrazole rings is 1. The molecular formula is C13H14N4O5.